The molecule has 2 nitrogen and oxygen atoms in total. The fourth-order valence-electron chi connectivity index (χ4n) is 4.12. The Morgan fingerprint density at radius 1 is 1.30 bits per heavy atom. The first-order chi connectivity index (χ1) is 9.50. The van der Waals surface area contributed by atoms with Gasteiger partial charge in [0.25, 0.3) is 0 Å². The van der Waals surface area contributed by atoms with Crippen LogP contribution in [-0.2, 0) is 6.42 Å². The molecule has 1 saturated carbocycles. The minimum Gasteiger partial charge on any atom is -0.487 e. The smallest absolute Gasteiger partial charge is 0.123 e. The largest absolute Gasteiger partial charge is 0.487 e. The zero-order chi connectivity index (χ0) is 14.3. The molecule has 2 heteroatoms. The molecule has 1 fully saturated rings. The van der Waals surface area contributed by atoms with E-state index >= 15 is 0 Å². The zero-order valence-electron chi connectivity index (χ0n) is 13.2. The summed E-state index contributed by atoms with van der Waals surface area (Å²) in [6.07, 6.45) is 5.13. The number of ether oxygens (including phenoxy) is 1. The van der Waals surface area contributed by atoms with Gasteiger partial charge in [-0.05, 0) is 56.3 Å². The third-order valence-electron chi connectivity index (χ3n) is 5.11. The number of nitrogens with one attached hydrogen (secondary N) is 1. The molecule has 1 aromatic rings. The number of rotatable bonds is 3. The second-order valence-corrected chi connectivity index (χ2v) is 7.24. The molecule has 0 amide bonds. The molecule has 0 bridgehead atoms. The van der Waals surface area contributed by atoms with Gasteiger partial charge in [-0.1, -0.05) is 31.9 Å². The van der Waals surface area contributed by atoms with Gasteiger partial charge in [0.2, 0.25) is 0 Å². The van der Waals surface area contributed by atoms with Gasteiger partial charge >= 0.3 is 0 Å². The highest BCUT2D eigenvalue weighted by atomic mass is 16.5. The SMILES string of the molecule is CNC(c1ccc2c(c1)CC(C)(C)O2)C1CCCC1C. The summed E-state index contributed by atoms with van der Waals surface area (Å²) in [4.78, 5) is 0. The first-order valence-electron chi connectivity index (χ1n) is 7.99. The fourth-order valence-corrected chi connectivity index (χ4v) is 4.12. The van der Waals surface area contributed by atoms with Crippen molar-refractivity contribution < 1.29 is 4.74 Å². The predicted octanol–water partition coefficient (Wildman–Crippen LogP) is 4.10. The Bertz CT molecular complexity index is 494. The Balaban J connectivity index is 1.87. The second-order valence-electron chi connectivity index (χ2n) is 7.24. The van der Waals surface area contributed by atoms with Gasteiger partial charge in [0.05, 0.1) is 0 Å². The van der Waals surface area contributed by atoms with E-state index in [1.165, 1.54) is 30.4 Å². The van der Waals surface area contributed by atoms with Crippen LogP contribution in [0.3, 0.4) is 0 Å². The molecule has 110 valence electrons. The monoisotopic (exact) mass is 273 g/mol. The summed E-state index contributed by atoms with van der Waals surface area (Å²) in [5.41, 5.74) is 2.77. The van der Waals surface area contributed by atoms with Gasteiger partial charge in [0.15, 0.2) is 0 Å². The normalized spacial score (nSPS) is 29.0. The van der Waals surface area contributed by atoms with Crippen molar-refractivity contribution in [1.29, 1.82) is 0 Å². The maximum atomic E-state index is 5.99. The van der Waals surface area contributed by atoms with Gasteiger partial charge in [-0.3, -0.25) is 0 Å². The van der Waals surface area contributed by atoms with E-state index in [0.717, 1.165) is 24.0 Å². The van der Waals surface area contributed by atoms with Crippen LogP contribution in [0.5, 0.6) is 5.75 Å². The number of benzene rings is 1. The average Bonchev–Trinajstić information content (AvgIpc) is 2.92. The molecular formula is C18H27NO. The summed E-state index contributed by atoms with van der Waals surface area (Å²) >= 11 is 0. The Morgan fingerprint density at radius 2 is 2.10 bits per heavy atom. The fraction of sp³-hybridized carbons (Fsp3) is 0.667. The van der Waals surface area contributed by atoms with E-state index in [1.807, 2.05) is 0 Å². The molecule has 1 N–H and O–H groups in total. The van der Waals surface area contributed by atoms with Crippen molar-refractivity contribution in [3.63, 3.8) is 0 Å². The molecule has 0 saturated heterocycles. The van der Waals surface area contributed by atoms with Crippen molar-refractivity contribution in [3.8, 4) is 5.75 Å². The van der Waals surface area contributed by atoms with Gasteiger partial charge in [0, 0.05) is 12.5 Å². The van der Waals surface area contributed by atoms with Crippen LogP contribution in [0.15, 0.2) is 18.2 Å². The van der Waals surface area contributed by atoms with Crippen molar-refractivity contribution >= 4 is 0 Å². The lowest BCUT2D eigenvalue weighted by Crippen LogP contribution is -2.27. The molecule has 3 atom stereocenters. The van der Waals surface area contributed by atoms with Crippen molar-refractivity contribution in [2.24, 2.45) is 11.8 Å². The summed E-state index contributed by atoms with van der Waals surface area (Å²) in [5.74, 6) is 2.68. The Kier molecular flexibility index (Phi) is 3.53. The number of fused-ring (bicyclic) bond motifs is 1. The lowest BCUT2D eigenvalue weighted by Gasteiger charge is -2.27. The third kappa shape index (κ3) is 2.46. The van der Waals surface area contributed by atoms with Crippen LogP contribution in [-0.4, -0.2) is 12.6 Å². The molecule has 1 aromatic carbocycles. The van der Waals surface area contributed by atoms with Crippen molar-refractivity contribution in [2.45, 2.75) is 58.1 Å². The first kappa shape index (κ1) is 13.9. The van der Waals surface area contributed by atoms with Gasteiger partial charge in [-0.15, -0.1) is 0 Å². The predicted molar refractivity (Wildman–Crippen MR) is 83.2 cm³/mol. The van der Waals surface area contributed by atoms with Crippen LogP contribution in [0.2, 0.25) is 0 Å². The van der Waals surface area contributed by atoms with E-state index in [2.05, 4.69) is 51.3 Å². The maximum Gasteiger partial charge on any atom is 0.123 e. The molecular weight excluding hydrogens is 246 g/mol. The Hall–Kier alpha value is -1.02. The Labute approximate surface area is 122 Å². The quantitative estimate of drug-likeness (QED) is 0.895. The molecule has 0 radical (unpaired) electrons. The molecule has 20 heavy (non-hydrogen) atoms. The molecule has 1 heterocycles. The third-order valence-corrected chi connectivity index (χ3v) is 5.11. The number of hydrogen-bond donors (Lipinski definition) is 1. The molecule has 0 spiro atoms. The molecule has 0 aromatic heterocycles. The first-order valence-corrected chi connectivity index (χ1v) is 7.99. The molecule has 1 aliphatic heterocycles. The lowest BCUT2D eigenvalue weighted by atomic mass is 9.85. The van der Waals surface area contributed by atoms with E-state index in [1.54, 1.807) is 0 Å². The van der Waals surface area contributed by atoms with Gasteiger partial charge in [0.1, 0.15) is 11.4 Å². The molecule has 2 aliphatic rings. The zero-order valence-corrected chi connectivity index (χ0v) is 13.2. The van der Waals surface area contributed by atoms with Crippen LogP contribution in [0.1, 0.15) is 57.2 Å². The highest BCUT2D eigenvalue weighted by Gasteiger charge is 2.33. The molecule has 3 unspecified atom stereocenters. The van der Waals surface area contributed by atoms with E-state index < -0.39 is 0 Å². The second kappa shape index (κ2) is 5.07. The van der Waals surface area contributed by atoms with Gasteiger partial charge in [-0.2, -0.15) is 0 Å². The highest BCUT2D eigenvalue weighted by Crippen LogP contribution is 2.42. The Morgan fingerprint density at radius 3 is 2.75 bits per heavy atom. The van der Waals surface area contributed by atoms with Gasteiger partial charge < -0.3 is 10.1 Å². The van der Waals surface area contributed by atoms with E-state index in [-0.39, 0.29) is 5.60 Å². The molecule has 1 aliphatic carbocycles. The summed E-state index contributed by atoms with van der Waals surface area (Å²) < 4.78 is 5.99. The van der Waals surface area contributed by atoms with Gasteiger partial charge in [-0.25, -0.2) is 0 Å². The van der Waals surface area contributed by atoms with Crippen LogP contribution in [0.4, 0.5) is 0 Å². The summed E-state index contributed by atoms with van der Waals surface area (Å²) in [6, 6.07) is 7.29. The van der Waals surface area contributed by atoms with Crippen molar-refractivity contribution in [2.75, 3.05) is 7.05 Å². The minimum atomic E-state index is -0.0449. The summed E-state index contributed by atoms with van der Waals surface area (Å²) in [5, 5.41) is 3.56. The summed E-state index contributed by atoms with van der Waals surface area (Å²) in [7, 11) is 2.10. The topological polar surface area (TPSA) is 21.3 Å². The number of hydrogen-bond acceptors (Lipinski definition) is 2. The standard InChI is InChI=1S/C18H27NO/c1-12-6-5-7-15(12)17(19-4)13-8-9-16-14(10-13)11-18(2,3)20-16/h8-10,12,15,17,19H,5-7,11H2,1-4H3. The highest BCUT2D eigenvalue weighted by molar-refractivity contribution is 5.42. The van der Waals surface area contributed by atoms with Crippen molar-refractivity contribution in [1.82, 2.24) is 5.32 Å². The summed E-state index contributed by atoms with van der Waals surface area (Å²) in [6.45, 7) is 6.74. The van der Waals surface area contributed by atoms with Crippen LogP contribution in [0.25, 0.3) is 0 Å². The van der Waals surface area contributed by atoms with Crippen LogP contribution >= 0.6 is 0 Å². The maximum absolute atomic E-state index is 5.99. The average molecular weight is 273 g/mol. The van der Waals surface area contributed by atoms with Crippen LogP contribution < -0.4 is 10.1 Å². The van der Waals surface area contributed by atoms with E-state index in [4.69, 9.17) is 4.74 Å². The lowest BCUT2D eigenvalue weighted by molar-refractivity contribution is 0.138. The molecule has 3 rings (SSSR count). The van der Waals surface area contributed by atoms with Crippen LogP contribution in [0, 0.1) is 11.8 Å². The minimum absolute atomic E-state index is 0.0449. The van der Waals surface area contributed by atoms with E-state index in [9.17, 15) is 0 Å². The van der Waals surface area contributed by atoms with E-state index in [0.29, 0.717) is 6.04 Å². The van der Waals surface area contributed by atoms with Crippen molar-refractivity contribution in [3.05, 3.63) is 29.3 Å².